The van der Waals surface area contributed by atoms with Crippen molar-refractivity contribution in [3.05, 3.63) is 41.5 Å². The molecule has 1 unspecified atom stereocenters. The van der Waals surface area contributed by atoms with E-state index >= 15 is 0 Å². The lowest BCUT2D eigenvalue weighted by molar-refractivity contribution is -0.148. The van der Waals surface area contributed by atoms with Gasteiger partial charge in [-0.1, -0.05) is 52.4 Å². The first-order chi connectivity index (χ1) is 16.0. The van der Waals surface area contributed by atoms with Crippen LogP contribution in [0.5, 0.6) is 5.75 Å². The van der Waals surface area contributed by atoms with Gasteiger partial charge in [0.05, 0.1) is 25.3 Å². The fraction of sp³-hybridized carbons (Fsp3) is 0.615. The maximum absolute atomic E-state index is 11.6. The van der Waals surface area contributed by atoms with Gasteiger partial charge < -0.3 is 9.47 Å². The third kappa shape index (κ3) is 10.2. The summed E-state index contributed by atoms with van der Waals surface area (Å²) in [6, 6.07) is 4.19. The highest BCUT2D eigenvalue weighted by molar-refractivity contribution is 5.82. The molecule has 1 heterocycles. The Morgan fingerprint density at radius 1 is 0.970 bits per heavy atom. The largest absolute Gasteiger partial charge is 0.493 e. The lowest BCUT2D eigenvalue weighted by atomic mass is 10.1. The van der Waals surface area contributed by atoms with Gasteiger partial charge in [-0.05, 0) is 61.9 Å². The molecule has 2 aromatic rings. The summed E-state index contributed by atoms with van der Waals surface area (Å²) in [7, 11) is 0. The number of benzene rings is 1. The average molecular weight is 457 g/mol. The van der Waals surface area contributed by atoms with E-state index in [0.717, 1.165) is 54.7 Å². The SMILES string of the molecule is CCC(C)C(=O)OCCCCCCCCCCOc1cc(C)c(/C=N/n2cnnc2)cc1C. The Bertz CT molecular complexity index is 849. The average Bonchev–Trinajstić information content (AvgIpc) is 3.33. The number of carbonyl (C=O) groups excluding carboxylic acids is 1. The molecular weight excluding hydrogens is 416 g/mol. The van der Waals surface area contributed by atoms with Crippen LogP contribution in [-0.4, -0.2) is 40.3 Å². The first-order valence-corrected chi connectivity index (χ1v) is 12.3. The maximum Gasteiger partial charge on any atom is 0.308 e. The van der Waals surface area contributed by atoms with Crippen molar-refractivity contribution in [3.63, 3.8) is 0 Å². The zero-order valence-electron chi connectivity index (χ0n) is 20.8. The number of hydrogen-bond donors (Lipinski definition) is 0. The predicted molar refractivity (Wildman–Crippen MR) is 132 cm³/mol. The Morgan fingerprint density at radius 2 is 1.58 bits per heavy atom. The third-order valence-corrected chi connectivity index (χ3v) is 5.86. The Morgan fingerprint density at radius 3 is 2.21 bits per heavy atom. The first-order valence-electron chi connectivity index (χ1n) is 12.3. The number of aromatic nitrogens is 3. The van der Waals surface area contributed by atoms with E-state index in [4.69, 9.17) is 9.47 Å². The van der Waals surface area contributed by atoms with Crippen LogP contribution in [0.25, 0.3) is 0 Å². The minimum atomic E-state index is -0.0572. The van der Waals surface area contributed by atoms with E-state index in [2.05, 4.69) is 41.3 Å². The van der Waals surface area contributed by atoms with Crippen LogP contribution in [0.2, 0.25) is 0 Å². The van der Waals surface area contributed by atoms with Crippen LogP contribution in [0, 0.1) is 19.8 Å². The summed E-state index contributed by atoms with van der Waals surface area (Å²) >= 11 is 0. The molecule has 0 N–H and O–H groups in total. The van der Waals surface area contributed by atoms with Crippen LogP contribution in [-0.2, 0) is 9.53 Å². The standard InChI is InChI=1S/C26H40N4O3/c1-5-21(2)26(31)33-15-13-11-9-7-6-8-10-12-14-32-25-17-22(3)24(16-23(25)4)18-29-30-19-27-28-20-30/h16-21H,5-15H2,1-4H3/b29-18+. The van der Waals surface area contributed by atoms with E-state index < -0.39 is 0 Å². The van der Waals surface area contributed by atoms with Gasteiger partial charge in [-0.2, -0.15) is 5.10 Å². The number of rotatable bonds is 16. The Labute approximate surface area is 198 Å². The zero-order valence-corrected chi connectivity index (χ0v) is 20.8. The monoisotopic (exact) mass is 456 g/mol. The summed E-state index contributed by atoms with van der Waals surface area (Å²) in [5, 5.41) is 11.8. The van der Waals surface area contributed by atoms with Gasteiger partial charge in [0.15, 0.2) is 0 Å². The van der Waals surface area contributed by atoms with Gasteiger partial charge in [-0.15, -0.1) is 10.2 Å². The number of hydrogen-bond acceptors (Lipinski definition) is 6. The molecule has 0 bridgehead atoms. The molecule has 7 nitrogen and oxygen atoms in total. The summed E-state index contributed by atoms with van der Waals surface area (Å²) in [6.45, 7) is 9.37. The smallest absolute Gasteiger partial charge is 0.308 e. The van der Waals surface area contributed by atoms with Crippen molar-refractivity contribution in [1.29, 1.82) is 0 Å². The lowest BCUT2D eigenvalue weighted by Crippen LogP contribution is -2.14. The van der Waals surface area contributed by atoms with Crippen molar-refractivity contribution in [3.8, 4) is 5.75 Å². The molecular formula is C26H40N4O3. The normalized spacial score (nSPS) is 12.2. The molecule has 0 aliphatic rings. The highest BCUT2D eigenvalue weighted by atomic mass is 16.5. The number of nitrogens with zero attached hydrogens (tertiary/aromatic N) is 4. The molecule has 1 aromatic carbocycles. The minimum Gasteiger partial charge on any atom is -0.493 e. The minimum absolute atomic E-state index is 0.0204. The highest BCUT2D eigenvalue weighted by Gasteiger charge is 2.11. The van der Waals surface area contributed by atoms with Gasteiger partial charge in [-0.3, -0.25) is 4.79 Å². The van der Waals surface area contributed by atoms with Crippen LogP contribution in [0.1, 0.15) is 88.3 Å². The van der Waals surface area contributed by atoms with Crippen molar-refractivity contribution in [2.75, 3.05) is 13.2 Å². The van der Waals surface area contributed by atoms with Crippen LogP contribution < -0.4 is 4.74 Å². The lowest BCUT2D eigenvalue weighted by Gasteiger charge is -2.12. The van der Waals surface area contributed by atoms with E-state index in [0.29, 0.717) is 6.61 Å². The molecule has 0 saturated carbocycles. The molecule has 0 saturated heterocycles. The molecule has 0 fully saturated rings. The summed E-state index contributed by atoms with van der Waals surface area (Å²) in [6.07, 6.45) is 15.1. The molecule has 0 aliphatic heterocycles. The van der Waals surface area contributed by atoms with Crippen LogP contribution in [0.4, 0.5) is 0 Å². The number of ether oxygens (including phenoxy) is 2. The molecule has 2 rings (SSSR count). The van der Waals surface area contributed by atoms with Gasteiger partial charge in [0.2, 0.25) is 0 Å². The maximum atomic E-state index is 11.6. The van der Waals surface area contributed by atoms with Crippen LogP contribution in [0.3, 0.4) is 0 Å². The van der Waals surface area contributed by atoms with Crippen molar-refractivity contribution in [1.82, 2.24) is 14.9 Å². The van der Waals surface area contributed by atoms with Crippen LogP contribution >= 0.6 is 0 Å². The van der Waals surface area contributed by atoms with E-state index in [-0.39, 0.29) is 11.9 Å². The zero-order chi connectivity index (χ0) is 23.9. The number of unbranched alkanes of at least 4 members (excludes halogenated alkanes) is 7. The molecule has 0 radical (unpaired) electrons. The first kappa shape index (κ1) is 26.6. The van der Waals surface area contributed by atoms with Crippen molar-refractivity contribution < 1.29 is 14.3 Å². The second kappa shape index (κ2) is 15.2. The Balaban J connectivity index is 1.52. The molecule has 7 heteroatoms. The number of aryl methyl sites for hydroxylation is 2. The van der Waals surface area contributed by atoms with Gasteiger partial charge in [0, 0.05) is 0 Å². The Hall–Kier alpha value is -2.70. The van der Waals surface area contributed by atoms with E-state index in [1.165, 1.54) is 32.1 Å². The molecule has 182 valence electrons. The predicted octanol–water partition coefficient (Wildman–Crippen LogP) is 5.87. The summed E-state index contributed by atoms with van der Waals surface area (Å²) in [5.41, 5.74) is 3.30. The molecule has 0 spiro atoms. The number of esters is 1. The molecule has 33 heavy (non-hydrogen) atoms. The molecule has 1 aromatic heterocycles. The third-order valence-electron chi connectivity index (χ3n) is 5.86. The van der Waals surface area contributed by atoms with Crippen molar-refractivity contribution >= 4 is 12.2 Å². The van der Waals surface area contributed by atoms with Gasteiger partial charge >= 0.3 is 5.97 Å². The summed E-state index contributed by atoms with van der Waals surface area (Å²) in [5.74, 6) is 0.910. The van der Waals surface area contributed by atoms with Gasteiger partial charge in [-0.25, -0.2) is 4.68 Å². The summed E-state index contributed by atoms with van der Waals surface area (Å²) < 4.78 is 12.9. The fourth-order valence-electron chi connectivity index (χ4n) is 3.42. The van der Waals surface area contributed by atoms with E-state index in [1.54, 1.807) is 17.3 Å². The molecule has 0 amide bonds. The van der Waals surface area contributed by atoms with Gasteiger partial charge in [0.1, 0.15) is 18.4 Å². The van der Waals surface area contributed by atoms with Crippen LogP contribution in [0.15, 0.2) is 29.9 Å². The Kier molecular flexibility index (Phi) is 12.2. The quantitative estimate of drug-likeness (QED) is 0.179. The molecule has 1 atom stereocenters. The fourth-order valence-corrected chi connectivity index (χ4v) is 3.42. The second-order valence-electron chi connectivity index (χ2n) is 8.71. The topological polar surface area (TPSA) is 78.6 Å². The number of carbonyl (C=O) groups is 1. The van der Waals surface area contributed by atoms with E-state index in [1.807, 2.05) is 20.1 Å². The van der Waals surface area contributed by atoms with Crippen molar-refractivity contribution in [2.24, 2.45) is 11.0 Å². The molecule has 0 aliphatic carbocycles. The summed E-state index contributed by atoms with van der Waals surface area (Å²) in [4.78, 5) is 11.6. The highest BCUT2D eigenvalue weighted by Crippen LogP contribution is 2.22. The van der Waals surface area contributed by atoms with Crippen molar-refractivity contribution in [2.45, 2.75) is 85.5 Å². The van der Waals surface area contributed by atoms with E-state index in [9.17, 15) is 4.79 Å². The van der Waals surface area contributed by atoms with Gasteiger partial charge in [0.25, 0.3) is 0 Å². The second-order valence-corrected chi connectivity index (χ2v) is 8.71.